The van der Waals surface area contributed by atoms with Crippen LogP contribution in [-0.2, 0) is 4.79 Å². The highest BCUT2D eigenvalue weighted by atomic mass is 16.6. The molecule has 3 fully saturated rings. The van der Waals surface area contributed by atoms with Crippen LogP contribution in [0.5, 0.6) is 0 Å². The van der Waals surface area contributed by atoms with Crippen molar-refractivity contribution in [3.8, 4) is 0 Å². The molecular formula is C14H17N3O3. The van der Waals surface area contributed by atoms with Gasteiger partial charge in [-0.05, 0) is 31.0 Å². The normalized spacial score (nSPS) is 30.2. The van der Waals surface area contributed by atoms with E-state index < -0.39 is 0 Å². The number of nitrogens with zero attached hydrogens (tertiary/aromatic N) is 3. The fraction of sp³-hybridized carbons (Fsp3) is 0.571. The van der Waals surface area contributed by atoms with Crippen LogP contribution < -0.4 is 0 Å². The molecule has 0 spiro atoms. The van der Waals surface area contributed by atoms with Crippen molar-refractivity contribution in [1.29, 1.82) is 0 Å². The molecule has 1 aromatic rings. The van der Waals surface area contributed by atoms with Crippen molar-refractivity contribution in [1.82, 2.24) is 9.88 Å². The second kappa shape index (κ2) is 5.28. The smallest absolute Gasteiger partial charge is 0.212 e. The molecule has 0 aliphatic carbocycles. The van der Waals surface area contributed by atoms with E-state index >= 15 is 0 Å². The Morgan fingerprint density at radius 3 is 2.95 bits per heavy atom. The Balaban J connectivity index is 1.87. The summed E-state index contributed by atoms with van der Waals surface area (Å²) in [6.45, 7) is 1.22. The number of carbonyl (C=O) groups excluding carboxylic acids is 1. The average molecular weight is 275 g/mol. The summed E-state index contributed by atoms with van der Waals surface area (Å²) >= 11 is 0. The molecule has 0 aromatic carbocycles. The Kier molecular flexibility index (Phi) is 3.48. The van der Waals surface area contributed by atoms with Gasteiger partial charge in [-0.2, -0.15) is 0 Å². The number of pyridine rings is 1. The van der Waals surface area contributed by atoms with Gasteiger partial charge < -0.3 is 0 Å². The van der Waals surface area contributed by atoms with E-state index in [0.717, 1.165) is 24.9 Å². The molecule has 4 heterocycles. The number of nitro groups is 1. The second-order valence-electron chi connectivity index (χ2n) is 5.63. The van der Waals surface area contributed by atoms with Gasteiger partial charge in [-0.15, -0.1) is 0 Å². The maximum absolute atomic E-state index is 11.8. The topological polar surface area (TPSA) is 76.3 Å². The number of piperidine rings is 3. The van der Waals surface area contributed by atoms with Crippen LogP contribution in [0.4, 0.5) is 0 Å². The Bertz CT molecular complexity index is 520. The molecule has 2 bridgehead atoms. The van der Waals surface area contributed by atoms with Crippen molar-refractivity contribution in [3.05, 3.63) is 40.2 Å². The Morgan fingerprint density at radius 2 is 2.40 bits per heavy atom. The zero-order valence-electron chi connectivity index (χ0n) is 11.1. The van der Waals surface area contributed by atoms with Crippen molar-refractivity contribution in [2.24, 2.45) is 5.92 Å². The maximum atomic E-state index is 11.8. The van der Waals surface area contributed by atoms with Crippen molar-refractivity contribution in [2.45, 2.75) is 24.8 Å². The minimum atomic E-state index is -0.261. The highest BCUT2D eigenvalue weighted by Gasteiger charge is 2.44. The van der Waals surface area contributed by atoms with E-state index in [-0.39, 0.29) is 29.3 Å². The molecule has 6 heteroatoms. The van der Waals surface area contributed by atoms with E-state index in [1.165, 1.54) is 0 Å². The summed E-state index contributed by atoms with van der Waals surface area (Å²) in [7, 11) is 0. The third-order valence-electron chi connectivity index (χ3n) is 4.50. The summed E-state index contributed by atoms with van der Waals surface area (Å²) in [4.78, 5) is 28.7. The zero-order valence-corrected chi connectivity index (χ0v) is 11.1. The van der Waals surface area contributed by atoms with E-state index in [4.69, 9.17) is 0 Å². The first-order valence-electron chi connectivity index (χ1n) is 6.93. The van der Waals surface area contributed by atoms with Crippen LogP contribution in [0.2, 0.25) is 0 Å². The first-order valence-corrected chi connectivity index (χ1v) is 6.93. The zero-order chi connectivity index (χ0) is 14.1. The molecule has 0 amide bonds. The molecule has 4 atom stereocenters. The molecule has 0 N–H and O–H groups in total. The molecule has 3 aliphatic rings. The summed E-state index contributed by atoms with van der Waals surface area (Å²) in [5.41, 5.74) is 0.897. The van der Waals surface area contributed by atoms with Crippen molar-refractivity contribution in [3.63, 3.8) is 0 Å². The predicted molar refractivity (Wildman–Crippen MR) is 71.9 cm³/mol. The quantitative estimate of drug-likeness (QED) is 0.607. The number of ketones is 1. The number of fused-ring (bicyclic) bond motifs is 3. The van der Waals surface area contributed by atoms with Crippen LogP contribution in [0.1, 0.15) is 24.3 Å². The van der Waals surface area contributed by atoms with Gasteiger partial charge in [0.1, 0.15) is 5.78 Å². The summed E-state index contributed by atoms with van der Waals surface area (Å²) < 4.78 is 0. The van der Waals surface area contributed by atoms with Crippen molar-refractivity contribution in [2.75, 3.05) is 19.6 Å². The Morgan fingerprint density at radius 1 is 1.55 bits per heavy atom. The lowest BCUT2D eigenvalue weighted by Crippen LogP contribution is -2.56. The highest BCUT2D eigenvalue weighted by Crippen LogP contribution is 2.37. The van der Waals surface area contributed by atoms with E-state index in [0.29, 0.717) is 12.3 Å². The fourth-order valence-electron chi connectivity index (χ4n) is 3.49. The number of rotatable bonds is 4. The van der Waals surface area contributed by atoms with E-state index in [1.54, 1.807) is 12.4 Å². The van der Waals surface area contributed by atoms with Gasteiger partial charge in [-0.25, -0.2) is 0 Å². The second-order valence-corrected chi connectivity index (χ2v) is 5.63. The first-order chi connectivity index (χ1) is 9.65. The predicted octanol–water partition coefficient (Wildman–Crippen LogP) is 1.11. The summed E-state index contributed by atoms with van der Waals surface area (Å²) in [5, 5.41) is 11.0. The summed E-state index contributed by atoms with van der Waals surface area (Å²) in [5.74, 6) is 0.198. The molecule has 4 rings (SSSR count). The average Bonchev–Trinajstić information content (AvgIpc) is 2.46. The van der Waals surface area contributed by atoms with Crippen LogP contribution in [0, 0.1) is 16.0 Å². The summed E-state index contributed by atoms with van der Waals surface area (Å²) in [6.07, 6.45) is 5.02. The minimum absolute atomic E-state index is 0.0843. The SMILES string of the molecule is O=C1CN2CCC1CC2C(C[N+](=O)[O-])c1cccnc1. The number of aromatic nitrogens is 1. The lowest BCUT2D eigenvalue weighted by Gasteiger charge is -2.46. The van der Waals surface area contributed by atoms with Crippen LogP contribution in [0.3, 0.4) is 0 Å². The minimum Gasteiger partial charge on any atom is -0.298 e. The van der Waals surface area contributed by atoms with Gasteiger partial charge in [0.25, 0.3) is 0 Å². The number of carbonyl (C=O) groups is 1. The number of Topliss-reactive ketones (excluding diaryl/α,β-unsaturated/α-hetero) is 1. The van der Waals surface area contributed by atoms with Crippen molar-refractivity contribution >= 4 is 5.78 Å². The number of hydrogen-bond acceptors (Lipinski definition) is 5. The third kappa shape index (κ3) is 2.43. The monoisotopic (exact) mass is 275 g/mol. The van der Waals surface area contributed by atoms with Crippen LogP contribution in [0.15, 0.2) is 24.5 Å². The molecular weight excluding hydrogens is 258 g/mol. The standard InChI is InChI=1S/C14H17N3O3/c18-14-9-16-5-3-10(14)6-13(16)12(8-17(19)20)11-2-1-4-15-7-11/h1-2,4,7,10,12-13H,3,5-6,8-9H2. The fourth-order valence-corrected chi connectivity index (χ4v) is 3.49. The van der Waals surface area contributed by atoms with Crippen molar-refractivity contribution < 1.29 is 9.72 Å². The molecule has 106 valence electrons. The molecule has 3 saturated heterocycles. The third-order valence-corrected chi connectivity index (χ3v) is 4.50. The molecule has 6 nitrogen and oxygen atoms in total. The first kappa shape index (κ1) is 13.2. The van der Waals surface area contributed by atoms with Gasteiger partial charge in [0.15, 0.2) is 0 Å². The largest absolute Gasteiger partial charge is 0.298 e. The van der Waals surface area contributed by atoms with Gasteiger partial charge >= 0.3 is 0 Å². The molecule has 0 saturated carbocycles. The molecule has 4 unspecified atom stereocenters. The van der Waals surface area contributed by atoms with E-state index in [1.807, 2.05) is 12.1 Å². The van der Waals surface area contributed by atoms with Gasteiger partial charge in [-0.1, -0.05) is 6.07 Å². The van der Waals surface area contributed by atoms with E-state index in [9.17, 15) is 14.9 Å². The Hall–Kier alpha value is -1.82. The maximum Gasteiger partial charge on any atom is 0.212 e. The highest BCUT2D eigenvalue weighted by molar-refractivity contribution is 5.84. The van der Waals surface area contributed by atoms with Crippen LogP contribution in [-0.4, -0.2) is 46.3 Å². The molecule has 3 aliphatic heterocycles. The molecule has 1 aromatic heterocycles. The summed E-state index contributed by atoms with van der Waals surface area (Å²) in [6, 6.07) is 3.79. The van der Waals surface area contributed by atoms with Gasteiger partial charge in [0.2, 0.25) is 6.54 Å². The molecule has 20 heavy (non-hydrogen) atoms. The number of hydrogen-bond donors (Lipinski definition) is 0. The van der Waals surface area contributed by atoms with E-state index in [2.05, 4.69) is 9.88 Å². The Labute approximate surface area is 116 Å². The molecule has 0 radical (unpaired) electrons. The van der Waals surface area contributed by atoms with Gasteiger partial charge in [0.05, 0.1) is 12.5 Å². The van der Waals surface area contributed by atoms with Crippen LogP contribution >= 0.6 is 0 Å². The van der Waals surface area contributed by atoms with Crippen LogP contribution in [0.25, 0.3) is 0 Å². The van der Waals surface area contributed by atoms with Gasteiger partial charge in [-0.3, -0.25) is 24.8 Å². The lowest BCUT2D eigenvalue weighted by molar-refractivity contribution is -0.485. The van der Waals surface area contributed by atoms with Gasteiger partial charge in [0, 0.05) is 29.3 Å². The lowest BCUT2D eigenvalue weighted by atomic mass is 9.76.